The number of carbonyl (C=O) groups excluding carboxylic acids is 1. The molecule has 4 nitrogen and oxygen atoms in total. The first-order valence-electron chi connectivity index (χ1n) is 5.91. The van der Waals surface area contributed by atoms with Crippen molar-refractivity contribution in [2.75, 3.05) is 6.79 Å². The molecule has 19 heavy (non-hydrogen) atoms. The Kier molecular flexibility index (Phi) is 2.83. The Balaban J connectivity index is 1.77. The molecule has 1 aliphatic rings. The van der Waals surface area contributed by atoms with Crippen molar-refractivity contribution < 1.29 is 18.7 Å². The monoisotopic (exact) mass is 256 g/mol. The van der Waals surface area contributed by atoms with E-state index >= 15 is 0 Å². The van der Waals surface area contributed by atoms with Crippen molar-refractivity contribution in [1.82, 2.24) is 0 Å². The Labute approximate surface area is 110 Å². The topological polar surface area (TPSA) is 48.7 Å². The van der Waals surface area contributed by atoms with Crippen molar-refractivity contribution in [3.63, 3.8) is 0 Å². The molecule has 96 valence electrons. The Morgan fingerprint density at radius 3 is 2.79 bits per heavy atom. The number of allylic oxidation sites excluding steroid dienone is 1. The smallest absolute Gasteiger partial charge is 0.231 e. The summed E-state index contributed by atoms with van der Waals surface area (Å²) in [5.41, 5.74) is 0.876. The number of fused-ring (bicyclic) bond motifs is 1. The van der Waals surface area contributed by atoms with Gasteiger partial charge in [0.1, 0.15) is 5.76 Å². The van der Waals surface area contributed by atoms with Crippen molar-refractivity contribution >= 4 is 11.9 Å². The van der Waals surface area contributed by atoms with E-state index in [4.69, 9.17) is 13.9 Å². The summed E-state index contributed by atoms with van der Waals surface area (Å²) in [4.78, 5) is 11.8. The van der Waals surface area contributed by atoms with Crippen LogP contribution in [0.2, 0.25) is 0 Å². The van der Waals surface area contributed by atoms with Gasteiger partial charge in [0.05, 0.1) is 0 Å². The normalized spacial score (nSPS) is 13.1. The average Bonchev–Trinajstić information content (AvgIpc) is 3.03. The van der Waals surface area contributed by atoms with Crippen LogP contribution < -0.4 is 9.47 Å². The van der Waals surface area contributed by atoms with Gasteiger partial charge in [-0.1, -0.05) is 12.1 Å². The second-order valence-corrected chi connectivity index (χ2v) is 4.22. The second kappa shape index (κ2) is 4.65. The van der Waals surface area contributed by atoms with E-state index in [1.54, 1.807) is 25.1 Å². The van der Waals surface area contributed by atoms with Crippen LogP contribution >= 0.6 is 0 Å². The fourth-order valence-electron chi connectivity index (χ4n) is 1.84. The minimum Gasteiger partial charge on any atom is -0.458 e. The van der Waals surface area contributed by atoms with Gasteiger partial charge in [-0.25, -0.2) is 0 Å². The summed E-state index contributed by atoms with van der Waals surface area (Å²) in [6.45, 7) is 2.05. The molecule has 0 unspecified atom stereocenters. The van der Waals surface area contributed by atoms with Gasteiger partial charge in [-0.05, 0) is 42.8 Å². The highest BCUT2D eigenvalue weighted by atomic mass is 16.7. The van der Waals surface area contributed by atoms with Crippen LogP contribution in [0.5, 0.6) is 11.5 Å². The summed E-state index contributed by atoms with van der Waals surface area (Å²) in [5, 5.41) is 0. The molecule has 3 rings (SSSR count). The lowest BCUT2D eigenvalue weighted by Crippen LogP contribution is -1.92. The molecule has 1 aromatic heterocycles. The molecule has 4 heteroatoms. The number of carbonyl (C=O) groups is 1. The van der Waals surface area contributed by atoms with Crippen molar-refractivity contribution in [2.24, 2.45) is 0 Å². The molecule has 0 fully saturated rings. The van der Waals surface area contributed by atoms with E-state index in [2.05, 4.69) is 0 Å². The van der Waals surface area contributed by atoms with Crippen LogP contribution in [0.1, 0.15) is 21.9 Å². The molecule has 0 spiro atoms. The number of ketones is 1. The minimum atomic E-state index is -0.161. The maximum Gasteiger partial charge on any atom is 0.231 e. The summed E-state index contributed by atoms with van der Waals surface area (Å²) in [6, 6.07) is 8.96. The Morgan fingerprint density at radius 2 is 2.00 bits per heavy atom. The largest absolute Gasteiger partial charge is 0.458 e. The predicted molar refractivity (Wildman–Crippen MR) is 69.4 cm³/mol. The van der Waals surface area contributed by atoms with Crippen molar-refractivity contribution in [1.29, 1.82) is 0 Å². The lowest BCUT2D eigenvalue weighted by molar-refractivity contribution is 0.102. The summed E-state index contributed by atoms with van der Waals surface area (Å²) in [7, 11) is 0. The SMILES string of the molecule is Cc1ccc(C(=O)C=Cc2ccc3c(c2)OCO3)o1. The van der Waals surface area contributed by atoms with Crippen LogP contribution in [0.3, 0.4) is 0 Å². The van der Waals surface area contributed by atoms with Gasteiger partial charge >= 0.3 is 0 Å². The number of furan rings is 1. The van der Waals surface area contributed by atoms with E-state index in [1.807, 2.05) is 18.2 Å². The van der Waals surface area contributed by atoms with E-state index in [-0.39, 0.29) is 12.6 Å². The van der Waals surface area contributed by atoms with Crippen molar-refractivity contribution in [3.8, 4) is 11.5 Å². The van der Waals surface area contributed by atoms with E-state index in [1.165, 1.54) is 6.08 Å². The van der Waals surface area contributed by atoms with E-state index in [9.17, 15) is 4.79 Å². The molecule has 0 amide bonds. The summed E-state index contributed by atoms with van der Waals surface area (Å²) < 4.78 is 15.8. The Bertz CT molecular complexity index is 652. The van der Waals surface area contributed by atoms with Gasteiger partial charge in [0.25, 0.3) is 0 Å². The maximum atomic E-state index is 11.8. The number of hydrogen-bond acceptors (Lipinski definition) is 4. The van der Waals surface area contributed by atoms with Gasteiger partial charge in [-0.15, -0.1) is 0 Å². The number of ether oxygens (including phenoxy) is 2. The van der Waals surface area contributed by atoms with Crippen LogP contribution in [0.4, 0.5) is 0 Å². The van der Waals surface area contributed by atoms with E-state index < -0.39 is 0 Å². The molecule has 0 atom stereocenters. The lowest BCUT2D eigenvalue weighted by atomic mass is 10.1. The van der Waals surface area contributed by atoms with Crippen molar-refractivity contribution in [3.05, 3.63) is 53.5 Å². The highest BCUT2D eigenvalue weighted by Gasteiger charge is 2.12. The van der Waals surface area contributed by atoms with Crippen molar-refractivity contribution in [2.45, 2.75) is 6.92 Å². The third-order valence-electron chi connectivity index (χ3n) is 2.81. The third kappa shape index (κ3) is 2.38. The fraction of sp³-hybridized carbons (Fsp3) is 0.133. The third-order valence-corrected chi connectivity index (χ3v) is 2.81. The molecule has 0 aliphatic carbocycles. The van der Waals surface area contributed by atoms with Gasteiger partial charge in [0.2, 0.25) is 12.6 Å². The highest BCUT2D eigenvalue weighted by molar-refractivity contribution is 6.04. The number of aryl methyl sites for hydroxylation is 1. The first-order valence-corrected chi connectivity index (χ1v) is 5.91. The van der Waals surface area contributed by atoms with E-state index in [0.717, 1.165) is 17.1 Å². The lowest BCUT2D eigenvalue weighted by Gasteiger charge is -1.97. The first-order chi connectivity index (χ1) is 9.22. The molecule has 2 heterocycles. The zero-order chi connectivity index (χ0) is 13.2. The van der Waals surface area contributed by atoms with Gasteiger partial charge in [0.15, 0.2) is 17.3 Å². The van der Waals surface area contributed by atoms with Crippen LogP contribution in [0, 0.1) is 6.92 Å². The molecular formula is C15H12O4. The zero-order valence-electron chi connectivity index (χ0n) is 10.4. The number of benzene rings is 1. The maximum absolute atomic E-state index is 11.8. The minimum absolute atomic E-state index is 0.161. The summed E-state index contributed by atoms with van der Waals surface area (Å²) in [5.74, 6) is 2.33. The van der Waals surface area contributed by atoms with Crippen LogP contribution in [-0.2, 0) is 0 Å². The molecule has 0 N–H and O–H groups in total. The summed E-state index contributed by atoms with van der Waals surface area (Å²) in [6.07, 6.45) is 3.21. The molecule has 1 aromatic carbocycles. The number of rotatable bonds is 3. The average molecular weight is 256 g/mol. The summed E-state index contributed by atoms with van der Waals surface area (Å²) >= 11 is 0. The van der Waals surface area contributed by atoms with E-state index in [0.29, 0.717) is 11.5 Å². The highest BCUT2D eigenvalue weighted by Crippen LogP contribution is 2.32. The van der Waals surface area contributed by atoms with Gasteiger partial charge < -0.3 is 13.9 Å². The molecule has 0 radical (unpaired) electrons. The molecule has 2 aromatic rings. The molecule has 0 saturated heterocycles. The van der Waals surface area contributed by atoms with Gasteiger partial charge in [-0.3, -0.25) is 4.79 Å². The molecule has 0 bridgehead atoms. The fourth-order valence-corrected chi connectivity index (χ4v) is 1.84. The quantitative estimate of drug-likeness (QED) is 0.625. The molecule has 0 saturated carbocycles. The van der Waals surface area contributed by atoms with Crippen LogP contribution in [0.15, 0.2) is 40.8 Å². The van der Waals surface area contributed by atoms with Gasteiger partial charge in [0, 0.05) is 0 Å². The first kappa shape index (κ1) is 11.6. The zero-order valence-corrected chi connectivity index (χ0v) is 10.4. The number of hydrogen-bond donors (Lipinski definition) is 0. The predicted octanol–water partition coefficient (Wildman–Crippen LogP) is 3.21. The Hall–Kier alpha value is -2.49. The van der Waals surface area contributed by atoms with Crippen LogP contribution in [-0.4, -0.2) is 12.6 Å². The van der Waals surface area contributed by atoms with Gasteiger partial charge in [-0.2, -0.15) is 0 Å². The van der Waals surface area contributed by atoms with Crippen LogP contribution in [0.25, 0.3) is 6.08 Å². The Morgan fingerprint density at radius 1 is 1.16 bits per heavy atom. The standard InChI is InChI=1S/C15H12O4/c1-10-2-6-13(19-10)12(16)5-3-11-4-7-14-15(8-11)18-9-17-14/h2-8H,9H2,1H3. The molecular weight excluding hydrogens is 244 g/mol. The second-order valence-electron chi connectivity index (χ2n) is 4.22. The molecule has 1 aliphatic heterocycles.